The molecule has 0 N–H and O–H groups in total. The van der Waals surface area contributed by atoms with Crippen LogP contribution in [-0.2, 0) is 28.9 Å². The van der Waals surface area contributed by atoms with Crippen LogP contribution in [0.15, 0.2) is 243 Å². The Balaban J connectivity index is 0.000000194. The number of esters is 5. The van der Waals surface area contributed by atoms with Crippen LogP contribution < -0.4 is 23.7 Å². The topological polar surface area (TPSA) is 211 Å². The van der Waals surface area contributed by atoms with E-state index in [1.165, 1.54) is 122 Å². The summed E-state index contributed by atoms with van der Waals surface area (Å²) in [4.78, 5) is 102. The van der Waals surface area contributed by atoms with Crippen LogP contribution in [0.3, 0.4) is 0 Å². The SMILES string of the molecule is CCCCCCCc1ccc(C(=O)c2ccc(C(=O)Oc3ccc(C)cc3)cc2)cc1.CCc1ccc(OC(=O)c2ccc(C(=O)c3ccc(CC)cc3)cc2)cc1.[C-]#[N+]c1ccc(OC(=O)c2ccc(OC(=O)CCC(=O)Oc3ccc(C(=O)c4ccc(C#N)cc4)cc3)cc2)cc1. The molecule has 0 spiro atoms. The fourth-order valence-corrected chi connectivity index (χ4v) is 9.75. The largest absolute Gasteiger partial charge is 0.427 e. The maximum absolute atomic E-state index is 12.8. The van der Waals surface area contributed by atoms with Gasteiger partial charge >= 0.3 is 29.8 Å². The van der Waals surface area contributed by atoms with Crippen LogP contribution in [0.25, 0.3) is 4.85 Å². The van der Waals surface area contributed by atoms with Crippen LogP contribution in [0.2, 0.25) is 0 Å². The smallest absolute Gasteiger partial charge is 0.343 e. The molecule has 15 nitrogen and oxygen atoms in total. The Morgan fingerprint density at radius 1 is 0.343 bits per heavy atom. The van der Waals surface area contributed by atoms with E-state index in [2.05, 4.69) is 25.6 Å². The number of benzene rings is 10. The molecule has 0 aliphatic rings. The summed E-state index contributed by atoms with van der Waals surface area (Å²) in [6.07, 6.45) is 8.75. The molecule has 0 saturated heterocycles. The van der Waals surface area contributed by atoms with Crippen molar-refractivity contribution in [3.8, 4) is 34.8 Å². The van der Waals surface area contributed by atoms with Gasteiger partial charge in [-0.25, -0.2) is 19.2 Å². The van der Waals surface area contributed by atoms with Gasteiger partial charge in [-0.2, -0.15) is 5.26 Å². The maximum atomic E-state index is 12.8. The van der Waals surface area contributed by atoms with E-state index < -0.39 is 29.8 Å². The Morgan fingerprint density at radius 3 is 0.990 bits per heavy atom. The van der Waals surface area contributed by atoms with Gasteiger partial charge in [0.25, 0.3) is 0 Å². The number of carbonyl (C=O) groups is 8. The number of ether oxygens (including phenoxy) is 5. The molecule has 0 radical (unpaired) electrons. The lowest BCUT2D eigenvalue weighted by atomic mass is 9.99. The molecule has 10 aromatic rings. The lowest BCUT2D eigenvalue weighted by Crippen LogP contribution is -2.14. The number of aryl methyl sites for hydroxylation is 4. The van der Waals surface area contributed by atoms with Gasteiger partial charge in [0.05, 0.1) is 47.7 Å². The molecule has 0 aliphatic heterocycles. The van der Waals surface area contributed by atoms with Crippen molar-refractivity contribution in [2.24, 2.45) is 0 Å². The second-order valence-corrected chi connectivity index (χ2v) is 22.8. The summed E-state index contributed by atoms with van der Waals surface area (Å²) in [5.74, 6) is -1.48. The number of hydrogen-bond acceptors (Lipinski definition) is 14. The van der Waals surface area contributed by atoms with E-state index in [-0.39, 0.29) is 53.0 Å². The van der Waals surface area contributed by atoms with Crippen molar-refractivity contribution in [3.63, 3.8) is 0 Å². The minimum atomic E-state index is -0.666. The highest BCUT2D eigenvalue weighted by Crippen LogP contribution is 2.24. The lowest BCUT2D eigenvalue weighted by molar-refractivity contribution is -0.140. The zero-order chi connectivity index (χ0) is 70.5. The maximum Gasteiger partial charge on any atom is 0.343 e. The summed E-state index contributed by atoms with van der Waals surface area (Å²) in [6.45, 7) is 15.3. The minimum absolute atomic E-state index is 0.0482. The Morgan fingerprint density at radius 2 is 0.626 bits per heavy atom. The number of unbranched alkanes of at least 4 members (excludes halogenated alkanes) is 4. The summed E-state index contributed by atoms with van der Waals surface area (Å²) in [7, 11) is 0. The first-order valence-electron chi connectivity index (χ1n) is 32.4. The summed E-state index contributed by atoms with van der Waals surface area (Å²) in [6, 6.07) is 69.4. The average Bonchev–Trinajstić information content (AvgIpc) is 0.906. The predicted octanol–water partition coefficient (Wildman–Crippen LogP) is 18.1. The predicted molar refractivity (Wildman–Crippen MR) is 377 cm³/mol. The first-order chi connectivity index (χ1) is 48.0. The van der Waals surface area contributed by atoms with Gasteiger partial charge in [-0.05, 0) is 183 Å². The summed E-state index contributed by atoms with van der Waals surface area (Å²) in [5.41, 5.74) is 9.86. The summed E-state index contributed by atoms with van der Waals surface area (Å²) in [5, 5.41) is 8.88. The molecular weight excluding hydrogens is 1240 g/mol. The minimum Gasteiger partial charge on any atom is -0.427 e. The molecule has 0 aromatic heterocycles. The number of ketones is 3. The number of carbonyl (C=O) groups excluding carboxylic acids is 8. The molecule has 99 heavy (non-hydrogen) atoms. The van der Waals surface area contributed by atoms with Crippen LogP contribution in [0.5, 0.6) is 28.7 Å². The highest BCUT2D eigenvalue weighted by Gasteiger charge is 2.18. The average molecular weight is 1320 g/mol. The van der Waals surface area contributed by atoms with E-state index in [9.17, 15) is 38.4 Å². The molecule has 10 rings (SSSR count). The third-order valence-electron chi connectivity index (χ3n) is 15.6. The molecular formula is C84H72N2O13. The van der Waals surface area contributed by atoms with Gasteiger partial charge in [-0.15, -0.1) is 0 Å². The van der Waals surface area contributed by atoms with Crippen molar-refractivity contribution in [2.75, 3.05) is 0 Å². The van der Waals surface area contributed by atoms with Crippen LogP contribution >= 0.6 is 0 Å². The third-order valence-corrected chi connectivity index (χ3v) is 15.6. The third kappa shape index (κ3) is 22.3. The van der Waals surface area contributed by atoms with Crippen LogP contribution in [0.4, 0.5) is 5.69 Å². The van der Waals surface area contributed by atoms with Gasteiger partial charge in [-0.3, -0.25) is 24.0 Å². The van der Waals surface area contributed by atoms with Crippen molar-refractivity contribution >= 4 is 52.9 Å². The molecule has 0 bridgehead atoms. The van der Waals surface area contributed by atoms with Crippen molar-refractivity contribution in [1.82, 2.24) is 0 Å². The number of rotatable bonds is 25. The first-order valence-corrected chi connectivity index (χ1v) is 32.4. The zero-order valence-electron chi connectivity index (χ0n) is 55.4. The second-order valence-electron chi connectivity index (χ2n) is 22.8. The van der Waals surface area contributed by atoms with Gasteiger partial charge in [0, 0.05) is 33.4 Å². The van der Waals surface area contributed by atoms with Gasteiger partial charge in [-0.1, -0.05) is 161 Å². The Kier molecular flexibility index (Phi) is 27.0. The molecule has 0 heterocycles. The van der Waals surface area contributed by atoms with Gasteiger partial charge in [0.2, 0.25) is 0 Å². The molecule has 0 saturated carbocycles. The Hall–Kier alpha value is -12.5. The van der Waals surface area contributed by atoms with Crippen molar-refractivity contribution < 1.29 is 62.0 Å². The molecule has 15 heteroatoms. The molecule has 496 valence electrons. The standard InChI is InChI=1S/C32H20N2O7.C28H30O3.C24H22O3/c1-34-25-10-16-28(17-11-25)41-32(38)24-8-14-27(15-9-24)40-30(36)19-18-29(35)39-26-12-6-23(7-13-26)31(37)22-4-2-21(20-33)3-5-22;1-3-4-5-6-7-8-22-11-13-23(14-12-22)27(29)24-15-17-25(18-16-24)28(30)31-26-19-9-21(2)10-20-26;1-3-17-5-9-19(10-6-17)23(25)20-11-13-21(14-12-20)24(26)27-22-15-7-18(4-2)8-16-22/h2-17H,18-19H2;9-20H,3-8H2,1-2H3;5-16H,3-4H2,1-2H3. The highest BCUT2D eigenvalue weighted by molar-refractivity contribution is 6.11. The van der Waals surface area contributed by atoms with E-state index in [0.29, 0.717) is 67.3 Å². The second kappa shape index (κ2) is 37.0. The van der Waals surface area contributed by atoms with Crippen molar-refractivity contribution in [2.45, 2.75) is 91.9 Å². The Bertz CT molecular complexity index is 4480. The molecule has 0 amide bonds. The first kappa shape index (κ1) is 72.4. The van der Waals surface area contributed by atoms with Crippen LogP contribution in [0.1, 0.15) is 172 Å². The van der Waals surface area contributed by atoms with E-state index in [4.69, 9.17) is 35.5 Å². The van der Waals surface area contributed by atoms with Gasteiger partial charge < -0.3 is 23.7 Å². The van der Waals surface area contributed by atoms with E-state index in [1.54, 1.807) is 97.1 Å². The summed E-state index contributed by atoms with van der Waals surface area (Å²) < 4.78 is 26.5. The summed E-state index contributed by atoms with van der Waals surface area (Å²) >= 11 is 0. The Labute approximate surface area is 576 Å². The molecule has 0 aliphatic carbocycles. The highest BCUT2D eigenvalue weighted by atomic mass is 16.6. The number of hydrogen-bond donors (Lipinski definition) is 0. The zero-order valence-corrected chi connectivity index (χ0v) is 55.4. The molecule has 10 aromatic carbocycles. The quantitative estimate of drug-likeness (QED) is 0.0171. The fraction of sp³-hybridized carbons (Fsp3) is 0.167. The van der Waals surface area contributed by atoms with Gasteiger partial charge in [0.1, 0.15) is 28.7 Å². The van der Waals surface area contributed by atoms with Crippen molar-refractivity contribution in [1.29, 1.82) is 5.26 Å². The fourth-order valence-electron chi connectivity index (χ4n) is 9.75. The van der Waals surface area contributed by atoms with E-state index >= 15 is 0 Å². The number of nitrogens with zero attached hydrogens (tertiary/aromatic N) is 2. The van der Waals surface area contributed by atoms with Crippen molar-refractivity contribution in [3.05, 3.63) is 332 Å². The lowest BCUT2D eigenvalue weighted by Gasteiger charge is -2.07. The normalized spacial score (nSPS) is 10.3. The number of nitriles is 1. The van der Waals surface area contributed by atoms with Crippen LogP contribution in [-0.4, -0.2) is 47.2 Å². The van der Waals surface area contributed by atoms with E-state index in [0.717, 1.165) is 24.8 Å². The molecule has 0 fully saturated rings. The van der Waals surface area contributed by atoms with Gasteiger partial charge in [0.15, 0.2) is 23.0 Å². The van der Waals surface area contributed by atoms with E-state index in [1.807, 2.05) is 85.8 Å². The van der Waals surface area contributed by atoms with Crippen LogP contribution in [0, 0.1) is 24.8 Å². The monoisotopic (exact) mass is 1320 g/mol. The molecule has 0 atom stereocenters. The molecule has 0 unspecified atom stereocenters.